The number of nitrogens with zero attached hydrogens (tertiary/aromatic N) is 1. The smallest absolute Gasteiger partial charge is 0.310 e. The van der Waals surface area contributed by atoms with E-state index in [1.165, 1.54) is 19.1 Å². The van der Waals surface area contributed by atoms with Gasteiger partial charge in [0.1, 0.15) is 5.76 Å². The van der Waals surface area contributed by atoms with Crippen LogP contribution in [0.15, 0.2) is 72.3 Å². The third kappa shape index (κ3) is 5.65. The second-order valence-electron chi connectivity index (χ2n) is 9.53. The van der Waals surface area contributed by atoms with Crippen LogP contribution in [0.25, 0.3) is 5.76 Å². The number of amides is 1. The molecule has 4 rings (SSSR count). The zero-order chi connectivity index (χ0) is 28.3. The molecule has 1 fully saturated rings. The third-order valence-corrected chi connectivity index (χ3v) is 6.39. The molecule has 3 aromatic carbocycles. The van der Waals surface area contributed by atoms with Gasteiger partial charge >= 0.3 is 5.97 Å². The molecule has 0 spiro atoms. The predicted molar refractivity (Wildman–Crippen MR) is 147 cm³/mol. The molecule has 1 saturated heterocycles. The molecule has 39 heavy (non-hydrogen) atoms. The van der Waals surface area contributed by atoms with Crippen molar-refractivity contribution in [3.63, 3.8) is 0 Å². The number of esters is 1. The van der Waals surface area contributed by atoms with Gasteiger partial charge in [-0.05, 0) is 62.2 Å². The van der Waals surface area contributed by atoms with Crippen LogP contribution in [0.1, 0.15) is 42.1 Å². The molecule has 1 unspecified atom stereocenters. The van der Waals surface area contributed by atoms with Crippen molar-refractivity contribution in [3.05, 3.63) is 94.6 Å². The molecule has 1 aliphatic heterocycles. The van der Waals surface area contributed by atoms with Gasteiger partial charge in [0.15, 0.2) is 11.5 Å². The normalized spacial score (nSPS) is 16.5. The first-order valence-electron chi connectivity index (χ1n) is 12.5. The molecule has 8 nitrogen and oxygen atoms in total. The van der Waals surface area contributed by atoms with E-state index in [0.29, 0.717) is 33.9 Å². The van der Waals surface area contributed by atoms with E-state index in [9.17, 15) is 19.5 Å². The van der Waals surface area contributed by atoms with Crippen molar-refractivity contribution in [2.75, 3.05) is 19.1 Å². The lowest BCUT2D eigenvalue weighted by Crippen LogP contribution is -2.29. The number of hydrogen-bond donors (Lipinski definition) is 1. The summed E-state index contributed by atoms with van der Waals surface area (Å²) >= 11 is 0. The number of rotatable bonds is 8. The lowest BCUT2D eigenvalue weighted by molar-refractivity contribution is -0.146. The van der Waals surface area contributed by atoms with Gasteiger partial charge in [-0.3, -0.25) is 19.3 Å². The van der Waals surface area contributed by atoms with E-state index < -0.39 is 17.7 Å². The van der Waals surface area contributed by atoms with Crippen LogP contribution in [0.2, 0.25) is 0 Å². The first kappa shape index (κ1) is 27.4. The summed E-state index contributed by atoms with van der Waals surface area (Å²) in [5, 5.41) is 11.4. The van der Waals surface area contributed by atoms with Crippen LogP contribution >= 0.6 is 0 Å². The van der Waals surface area contributed by atoms with E-state index in [-0.39, 0.29) is 29.8 Å². The number of anilines is 1. The monoisotopic (exact) mass is 529 g/mol. The van der Waals surface area contributed by atoms with E-state index in [0.717, 1.165) is 5.56 Å². The number of benzene rings is 3. The summed E-state index contributed by atoms with van der Waals surface area (Å²) in [6.45, 7) is 5.48. The Kier molecular flexibility index (Phi) is 8.04. The summed E-state index contributed by atoms with van der Waals surface area (Å²) in [4.78, 5) is 40.3. The minimum Gasteiger partial charge on any atom is -0.507 e. The Balaban J connectivity index is 1.81. The number of carbonyl (C=O) groups is 3. The molecule has 1 aliphatic rings. The number of ketones is 1. The first-order chi connectivity index (χ1) is 18.6. The fraction of sp³-hybridized carbons (Fsp3) is 0.258. The van der Waals surface area contributed by atoms with Crippen LogP contribution in [-0.2, 0) is 25.5 Å². The van der Waals surface area contributed by atoms with Crippen LogP contribution in [0.3, 0.4) is 0 Å². The summed E-state index contributed by atoms with van der Waals surface area (Å²) in [6, 6.07) is 18.1. The molecular weight excluding hydrogens is 498 g/mol. The minimum atomic E-state index is -0.880. The molecule has 0 bridgehead atoms. The summed E-state index contributed by atoms with van der Waals surface area (Å²) in [6.07, 6.45) is -0.138. The number of aliphatic hydroxyl groups is 1. The molecule has 1 atom stereocenters. The van der Waals surface area contributed by atoms with Gasteiger partial charge in [0.25, 0.3) is 11.7 Å². The Bertz CT molecular complexity index is 1440. The maximum Gasteiger partial charge on any atom is 0.310 e. The number of aliphatic hydroxyl groups excluding tert-OH is 1. The predicted octanol–water partition coefficient (Wildman–Crippen LogP) is 5.13. The van der Waals surface area contributed by atoms with Crippen molar-refractivity contribution >= 4 is 29.1 Å². The van der Waals surface area contributed by atoms with Crippen molar-refractivity contribution in [1.29, 1.82) is 0 Å². The number of ether oxygens (including phenoxy) is 3. The molecule has 0 radical (unpaired) electrons. The molecule has 0 aromatic heterocycles. The first-order valence-corrected chi connectivity index (χ1v) is 12.5. The highest BCUT2D eigenvalue weighted by molar-refractivity contribution is 6.51. The highest BCUT2D eigenvalue weighted by atomic mass is 16.5. The van der Waals surface area contributed by atoms with E-state index in [1.807, 2.05) is 31.2 Å². The minimum absolute atomic E-state index is 0.0394. The largest absolute Gasteiger partial charge is 0.507 e. The SMILES string of the molecule is COc1ccc(/C(O)=C2/C(=O)C(=O)N(c3ccc(CC(=O)OC(C)C)cc3)C2c2cccc(C)c2)cc1OC. The van der Waals surface area contributed by atoms with Crippen LogP contribution in [0.5, 0.6) is 11.5 Å². The van der Waals surface area contributed by atoms with E-state index in [2.05, 4.69) is 0 Å². The molecular formula is C31H31NO7. The van der Waals surface area contributed by atoms with Crippen molar-refractivity contribution < 1.29 is 33.7 Å². The maximum absolute atomic E-state index is 13.4. The van der Waals surface area contributed by atoms with Crippen LogP contribution in [-0.4, -0.2) is 43.1 Å². The molecule has 1 amide bonds. The summed E-state index contributed by atoms with van der Waals surface area (Å²) < 4.78 is 15.9. The molecule has 1 N–H and O–H groups in total. The Hall–Kier alpha value is -4.59. The summed E-state index contributed by atoms with van der Waals surface area (Å²) in [5.41, 5.74) is 3.03. The fourth-order valence-corrected chi connectivity index (χ4v) is 4.64. The number of methoxy groups -OCH3 is 2. The lowest BCUT2D eigenvalue weighted by Gasteiger charge is -2.26. The quantitative estimate of drug-likeness (QED) is 0.187. The number of hydrogen-bond acceptors (Lipinski definition) is 7. The standard InChI is InChI=1S/C31H31NO7/c1-18(2)39-26(33)16-20-9-12-23(13-10-20)32-28(21-8-6-7-19(3)15-21)27(30(35)31(32)36)29(34)22-11-14-24(37-4)25(17-22)38-5/h6-15,17-18,28,34H,16H2,1-5H3/b29-27-. The Morgan fingerprint density at radius 1 is 0.949 bits per heavy atom. The van der Waals surface area contributed by atoms with E-state index in [1.54, 1.807) is 56.3 Å². The van der Waals surface area contributed by atoms with Crippen molar-refractivity contribution in [3.8, 4) is 11.5 Å². The average molecular weight is 530 g/mol. The molecule has 0 saturated carbocycles. The Morgan fingerprint density at radius 2 is 1.64 bits per heavy atom. The third-order valence-electron chi connectivity index (χ3n) is 6.39. The van der Waals surface area contributed by atoms with Gasteiger partial charge in [0.05, 0.1) is 38.4 Å². The number of carbonyl (C=O) groups excluding carboxylic acids is 3. The van der Waals surface area contributed by atoms with Crippen molar-refractivity contribution in [2.24, 2.45) is 0 Å². The topological polar surface area (TPSA) is 102 Å². The Labute approximate surface area is 227 Å². The maximum atomic E-state index is 13.4. The van der Waals surface area contributed by atoms with Crippen LogP contribution in [0.4, 0.5) is 5.69 Å². The number of Topliss-reactive ketones (excluding diaryl/α,β-unsaturated/α-hetero) is 1. The number of aryl methyl sites for hydroxylation is 1. The van der Waals surface area contributed by atoms with Crippen molar-refractivity contribution in [1.82, 2.24) is 0 Å². The van der Waals surface area contributed by atoms with E-state index >= 15 is 0 Å². The molecule has 202 valence electrons. The van der Waals surface area contributed by atoms with Gasteiger partial charge in [-0.1, -0.05) is 42.0 Å². The summed E-state index contributed by atoms with van der Waals surface area (Å²) in [5.74, 6) is -1.42. The fourth-order valence-electron chi connectivity index (χ4n) is 4.64. The molecule has 1 heterocycles. The second-order valence-corrected chi connectivity index (χ2v) is 9.53. The van der Waals surface area contributed by atoms with Crippen molar-refractivity contribution in [2.45, 2.75) is 39.3 Å². The van der Waals surface area contributed by atoms with Gasteiger partial charge in [-0.2, -0.15) is 0 Å². The second kappa shape index (κ2) is 11.4. The van der Waals surface area contributed by atoms with Gasteiger partial charge in [-0.15, -0.1) is 0 Å². The van der Waals surface area contributed by atoms with E-state index in [4.69, 9.17) is 14.2 Å². The Morgan fingerprint density at radius 3 is 2.26 bits per heavy atom. The van der Waals surface area contributed by atoms with Crippen LogP contribution < -0.4 is 14.4 Å². The molecule has 8 heteroatoms. The van der Waals surface area contributed by atoms with Crippen LogP contribution in [0, 0.1) is 6.92 Å². The zero-order valence-electron chi connectivity index (χ0n) is 22.6. The van der Waals surface area contributed by atoms with Gasteiger partial charge in [-0.25, -0.2) is 0 Å². The average Bonchev–Trinajstić information content (AvgIpc) is 3.18. The molecule has 3 aromatic rings. The zero-order valence-corrected chi connectivity index (χ0v) is 22.6. The summed E-state index contributed by atoms with van der Waals surface area (Å²) in [7, 11) is 2.97. The van der Waals surface area contributed by atoms with Gasteiger partial charge < -0.3 is 19.3 Å². The highest BCUT2D eigenvalue weighted by Gasteiger charge is 2.47. The van der Waals surface area contributed by atoms with Gasteiger partial charge in [0.2, 0.25) is 0 Å². The lowest BCUT2D eigenvalue weighted by atomic mass is 9.94. The molecule has 0 aliphatic carbocycles. The van der Waals surface area contributed by atoms with Gasteiger partial charge in [0, 0.05) is 11.3 Å². The highest BCUT2D eigenvalue weighted by Crippen LogP contribution is 2.43.